The number of nitrogens with zero attached hydrogens (tertiary/aromatic N) is 2. The molecule has 0 radical (unpaired) electrons. The van der Waals surface area contributed by atoms with Crippen molar-refractivity contribution in [1.29, 1.82) is 0 Å². The monoisotopic (exact) mass is 364 g/mol. The molecule has 0 aliphatic carbocycles. The number of carbonyl (C=O) groups excluding carboxylic acids is 2. The van der Waals surface area contributed by atoms with E-state index in [-0.39, 0.29) is 22.4 Å². The number of non-ortho nitro benzene ring substituents is 1. The van der Waals surface area contributed by atoms with Crippen LogP contribution in [0, 0.1) is 10.1 Å². The zero-order valence-electron chi connectivity index (χ0n) is 13.6. The lowest BCUT2D eigenvalue weighted by Gasteiger charge is -2.23. The molecule has 1 heterocycles. The van der Waals surface area contributed by atoms with Crippen LogP contribution in [0.4, 0.5) is 5.69 Å². The number of nitro benzene ring substituents is 1. The molecule has 1 aliphatic rings. The molecular weight excluding hydrogens is 348 g/mol. The number of hydrogen-bond acceptors (Lipinski definition) is 6. The third-order valence-electron chi connectivity index (χ3n) is 3.85. The molecule has 1 atom stereocenters. The van der Waals surface area contributed by atoms with Crippen LogP contribution < -0.4 is 0 Å². The summed E-state index contributed by atoms with van der Waals surface area (Å²) in [6.45, 7) is 2.09. The molecule has 0 bridgehead atoms. The fourth-order valence-corrected chi connectivity index (χ4v) is 3.70. The maximum Gasteiger partial charge on any atom is 0.308 e. The molecule has 0 saturated heterocycles. The van der Waals surface area contributed by atoms with E-state index < -0.39 is 34.4 Å². The van der Waals surface area contributed by atoms with E-state index in [1.807, 2.05) is 0 Å². The van der Waals surface area contributed by atoms with Crippen molar-refractivity contribution in [2.75, 3.05) is 12.8 Å². The summed E-state index contributed by atoms with van der Waals surface area (Å²) in [7, 11) is 0. The molecule has 1 amide bonds. The molecule has 2 rings (SSSR count). The highest BCUT2D eigenvalue weighted by molar-refractivity contribution is 7.99. The molecule has 1 aromatic rings. The molecule has 1 aliphatic heterocycles. The summed E-state index contributed by atoms with van der Waals surface area (Å²) in [5, 5.41) is 19.2. The van der Waals surface area contributed by atoms with Crippen LogP contribution in [0.1, 0.15) is 23.7 Å². The van der Waals surface area contributed by atoms with E-state index in [9.17, 15) is 24.5 Å². The summed E-state index contributed by atoms with van der Waals surface area (Å²) < 4.78 is 0. The number of rotatable bonds is 7. The van der Waals surface area contributed by atoms with Crippen LogP contribution in [0.2, 0.25) is 0 Å². The van der Waals surface area contributed by atoms with Crippen LogP contribution in [0.3, 0.4) is 0 Å². The molecule has 132 valence electrons. The third kappa shape index (κ3) is 3.55. The molecule has 0 fully saturated rings. The van der Waals surface area contributed by atoms with Gasteiger partial charge < -0.3 is 10.0 Å². The first-order valence-corrected chi connectivity index (χ1v) is 8.68. The summed E-state index contributed by atoms with van der Waals surface area (Å²) in [6, 6.07) is 5.02. The number of Topliss-reactive ketones (excluding diaryl/α,β-unsaturated/α-hetero) is 1. The molecule has 8 nitrogen and oxygen atoms in total. The minimum absolute atomic E-state index is 0.0305. The van der Waals surface area contributed by atoms with Gasteiger partial charge in [0.25, 0.3) is 11.6 Å². The second kappa shape index (κ2) is 7.47. The van der Waals surface area contributed by atoms with Gasteiger partial charge in [0.2, 0.25) is 0 Å². The Labute approximate surface area is 147 Å². The Bertz CT molecular complexity index is 771. The number of benzene rings is 1. The summed E-state index contributed by atoms with van der Waals surface area (Å²) in [4.78, 5) is 48.1. The molecule has 25 heavy (non-hydrogen) atoms. The van der Waals surface area contributed by atoms with Crippen LogP contribution in [-0.4, -0.2) is 50.8 Å². The molecule has 0 saturated carbocycles. The Morgan fingerprint density at radius 3 is 2.36 bits per heavy atom. The molecular formula is C16H16N2O6S. The highest BCUT2D eigenvalue weighted by atomic mass is 32.2. The number of amides is 1. The predicted octanol–water partition coefficient (Wildman–Crippen LogP) is 2.10. The van der Waals surface area contributed by atoms with Crippen molar-refractivity contribution in [2.24, 2.45) is 0 Å². The standard InChI is InChI=1S/C16H16N2O6S/c1-3-17-15(22)11(8-12(19)20)13(16(17)25-2)14(21)9-4-6-10(7-5-9)18(23)24/h4-7,16H,3,8H2,1-2H3,(H,19,20)/t16-/m1/s1. The molecule has 0 unspecified atom stereocenters. The van der Waals surface area contributed by atoms with E-state index in [1.165, 1.54) is 40.9 Å². The van der Waals surface area contributed by atoms with Crippen LogP contribution in [0.15, 0.2) is 35.4 Å². The second-order valence-corrected chi connectivity index (χ2v) is 6.19. The fraction of sp³-hybridized carbons (Fsp3) is 0.312. The summed E-state index contributed by atoms with van der Waals surface area (Å²) in [6.07, 6.45) is 1.19. The molecule has 0 spiro atoms. The topological polar surface area (TPSA) is 118 Å². The van der Waals surface area contributed by atoms with E-state index in [1.54, 1.807) is 13.2 Å². The first-order chi connectivity index (χ1) is 11.8. The van der Waals surface area contributed by atoms with Crippen LogP contribution >= 0.6 is 11.8 Å². The van der Waals surface area contributed by atoms with Crippen LogP contribution in [0.25, 0.3) is 0 Å². The normalized spacial score (nSPS) is 17.1. The number of hydrogen-bond donors (Lipinski definition) is 1. The van der Waals surface area contributed by atoms with Crippen molar-refractivity contribution in [2.45, 2.75) is 18.7 Å². The van der Waals surface area contributed by atoms with Gasteiger partial charge in [-0.25, -0.2) is 0 Å². The van der Waals surface area contributed by atoms with Crippen molar-refractivity contribution < 1.29 is 24.4 Å². The highest BCUT2D eigenvalue weighted by Crippen LogP contribution is 2.35. The Morgan fingerprint density at radius 1 is 1.32 bits per heavy atom. The van der Waals surface area contributed by atoms with Gasteiger partial charge in [-0.15, -0.1) is 11.8 Å². The Kier molecular flexibility index (Phi) is 5.58. The number of carboxylic acid groups (broad SMARTS) is 1. The Hall–Kier alpha value is -2.68. The van der Waals surface area contributed by atoms with Crippen LogP contribution in [0.5, 0.6) is 0 Å². The molecule has 1 aromatic carbocycles. The molecule has 0 aromatic heterocycles. The highest BCUT2D eigenvalue weighted by Gasteiger charge is 2.41. The molecule has 1 N–H and O–H groups in total. The third-order valence-corrected chi connectivity index (χ3v) is 4.79. The number of carboxylic acids is 1. The van der Waals surface area contributed by atoms with Crippen molar-refractivity contribution in [3.63, 3.8) is 0 Å². The minimum Gasteiger partial charge on any atom is -0.481 e. The van der Waals surface area contributed by atoms with E-state index in [2.05, 4.69) is 0 Å². The van der Waals surface area contributed by atoms with Gasteiger partial charge in [-0.1, -0.05) is 0 Å². The van der Waals surface area contributed by atoms with Crippen molar-refractivity contribution in [3.8, 4) is 0 Å². The lowest BCUT2D eigenvalue weighted by Crippen LogP contribution is -2.34. The maximum atomic E-state index is 12.9. The van der Waals surface area contributed by atoms with Gasteiger partial charge in [0.1, 0.15) is 5.37 Å². The zero-order chi connectivity index (χ0) is 18.7. The quantitative estimate of drug-likeness (QED) is 0.447. The average Bonchev–Trinajstić information content (AvgIpc) is 2.85. The smallest absolute Gasteiger partial charge is 0.308 e. The largest absolute Gasteiger partial charge is 0.481 e. The maximum absolute atomic E-state index is 12.9. The Morgan fingerprint density at radius 2 is 1.92 bits per heavy atom. The van der Waals surface area contributed by atoms with Crippen LogP contribution in [-0.2, 0) is 9.59 Å². The first kappa shape index (κ1) is 18.7. The van der Waals surface area contributed by atoms with Gasteiger partial charge in [0.15, 0.2) is 5.78 Å². The van der Waals surface area contributed by atoms with Crippen molar-refractivity contribution in [1.82, 2.24) is 4.90 Å². The van der Waals surface area contributed by atoms with E-state index >= 15 is 0 Å². The lowest BCUT2D eigenvalue weighted by molar-refractivity contribution is -0.384. The van der Waals surface area contributed by atoms with Crippen molar-refractivity contribution in [3.05, 3.63) is 51.1 Å². The van der Waals surface area contributed by atoms with E-state index in [4.69, 9.17) is 5.11 Å². The van der Waals surface area contributed by atoms with Gasteiger partial charge in [0.05, 0.1) is 11.3 Å². The average molecular weight is 364 g/mol. The van der Waals surface area contributed by atoms with Gasteiger partial charge >= 0.3 is 5.97 Å². The Balaban J connectivity index is 2.50. The first-order valence-electron chi connectivity index (χ1n) is 7.39. The SMILES string of the molecule is CCN1C(=O)C(CC(=O)O)=C(C(=O)c2ccc([N+](=O)[O-])cc2)[C@H]1SC. The minimum atomic E-state index is -1.20. The predicted molar refractivity (Wildman–Crippen MR) is 91.4 cm³/mol. The summed E-state index contributed by atoms with van der Waals surface area (Å²) >= 11 is 1.26. The lowest BCUT2D eigenvalue weighted by atomic mass is 9.98. The van der Waals surface area contributed by atoms with E-state index in [0.717, 1.165) is 0 Å². The molecule has 9 heteroatoms. The van der Waals surface area contributed by atoms with Gasteiger partial charge in [0, 0.05) is 35.4 Å². The fourth-order valence-electron chi connectivity index (χ4n) is 2.72. The van der Waals surface area contributed by atoms with Gasteiger partial charge in [-0.3, -0.25) is 24.5 Å². The number of likely N-dealkylation sites (N-methyl/N-ethyl adjacent to an activating group) is 1. The second-order valence-electron chi connectivity index (χ2n) is 5.28. The number of nitro groups is 1. The summed E-state index contributed by atoms with van der Waals surface area (Å²) in [5.74, 6) is -2.15. The summed E-state index contributed by atoms with van der Waals surface area (Å²) in [5.41, 5.74) is 0.122. The van der Waals surface area contributed by atoms with Crippen molar-refractivity contribution >= 4 is 35.1 Å². The number of carbonyl (C=O) groups is 3. The number of aliphatic carboxylic acids is 1. The van der Waals surface area contributed by atoms with Gasteiger partial charge in [-0.05, 0) is 25.3 Å². The number of ketones is 1. The zero-order valence-corrected chi connectivity index (χ0v) is 14.4. The number of thioether (sulfide) groups is 1. The van der Waals surface area contributed by atoms with Gasteiger partial charge in [-0.2, -0.15) is 0 Å². The van der Waals surface area contributed by atoms with E-state index in [0.29, 0.717) is 6.54 Å².